The largest absolute Gasteiger partial charge is 0.497 e. The Morgan fingerprint density at radius 2 is 1.67 bits per heavy atom. The van der Waals surface area contributed by atoms with Gasteiger partial charge in [-0.3, -0.25) is 4.79 Å². The van der Waals surface area contributed by atoms with Crippen molar-refractivity contribution in [1.82, 2.24) is 0 Å². The number of carbonyl (C=O) groups excluding carboxylic acids is 2. The Balaban J connectivity index is 2.07. The van der Waals surface area contributed by atoms with Crippen LogP contribution in [0.15, 0.2) is 48.5 Å². The lowest BCUT2D eigenvalue weighted by atomic mass is 10.1. The molecule has 0 saturated heterocycles. The summed E-state index contributed by atoms with van der Waals surface area (Å²) in [5.74, 6) is -0.112. The highest BCUT2D eigenvalue weighted by Gasteiger charge is 2.20. The fourth-order valence-electron chi connectivity index (χ4n) is 2.18. The van der Waals surface area contributed by atoms with Gasteiger partial charge in [0.05, 0.1) is 12.7 Å². The van der Waals surface area contributed by atoms with Crippen LogP contribution < -0.4 is 9.64 Å². The summed E-state index contributed by atoms with van der Waals surface area (Å²) < 4.78 is 10.4. The van der Waals surface area contributed by atoms with Gasteiger partial charge in [0.2, 0.25) is 5.78 Å². The molecule has 0 radical (unpaired) electrons. The third-order valence-corrected chi connectivity index (χ3v) is 3.63. The van der Waals surface area contributed by atoms with Crippen molar-refractivity contribution in [2.24, 2.45) is 0 Å². The summed E-state index contributed by atoms with van der Waals surface area (Å²) in [5, 5.41) is 0. The average molecular weight is 327 g/mol. The second kappa shape index (κ2) is 7.64. The normalized spacial score (nSPS) is 11.5. The Kier molecular flexibility index (Phi) is 5.58. The highest BCUT2D eigenvalue weighted by atomic mass is 16.5. The van der Waals surface area contributed by atoms with E-state index in [1.54, 1.807) is 56.5 Å². The Hall–Kier alpha value is -2.82. The summed E-state index contributed by atoms with van der Waals surface area (Å²) in [6, 6.07) is 13.8. The molecule has 5 nitrogen and oxygen atoms in total. The maximum atomic E-state index is 12.4. The summed E-state index contributed by atoms with van der Waals surface area (Å²) in [6.07, 6.45) is -0.867. The Morgan fingerprint density at radius 1 is 1.00 bits per heavy atom. The first-order valence-corrected chi connectivity index (χ1v) is 7.59. The number of anilines is 1. The van der Waals surface area contributed by atoms with E-state index in [9.17, 15) is 9.59 Å². The molecule has 0 aliphatic carbocycles. The minimum absolute atomic E-state index is 0.255. The van der Waals surface area contributed by atoms with Crippen LogP contribution in [0.25, 0.3) is 0 Å². The van der Waals surface area contributed by atoms with Crippen LogP contribution in [0.5, 0.6) is 5.75 Å². The molecule has 24 heavy (non-hydrogen) atoms. The lowest BCUT2D eigenvalue weighted by Crippen LogP contribution is -2.24. The number of esters is 1. The van der Waals surface area contributed by atoms with Gasteiger partial charge in [-0.2, -0.15) is 0 Å². The van der Waals surface area contributed by atoms with Crippen molar-refractivity contribution in [2.75, 3.05) is 26.1 Å². The highest BCUT2D eigenvalue weighted by Crippen LogP contribution is 2.17. The number of Topliss-reactive ketones (excluding diaryl/α,β-unsaturated/α-hetero) is 1. The van der Waals surface area contributed by atoms with Crippen LogP contribution in [0, 0.1) is 0 Å². The predicted molar refractivity (Wildman–Crippen MR) is 93.0 cm³/mol. The number of rotatable bonds is 6. The van der Waals surface area contributed by atoms with E-state index in [1.165, 1.54) is 0 Å². The maximum Gasteiger partial charge on any atom is 0.338 e. The molecule has 0 amide bonds. The zero-order chi connectivity index (χ0) is 17.7. The summed E-state index contributed by atoms with van der Waals surface area (Å²) in [6.45, 7) is 1.57. The molecule has 2 aromatic carbocycles. The van der Waals surface area contributed by atoms with Gasteiger partial charge in [0.1, 0.15) is 5.75 Å². The maximum absolute atomic E-state index is 12.4. The molecule has 126 valence electrons. The molecule has 0 bridgehead atoms. The smallest absolute Gasteiger partial charge is 0.338 e. The minimum Gasteiger partial charge on any atom is -0.497 e. The van der Waals surface area contributed by atoms with Crippen molar-refractivity contribution >= 4 is 17.4 Å². The van der Waals surface area contributed by atoms with Crippen LogP contribution in [-0.2, 0) is 4.74 Å². The standard InChI is InChI=1S/C19H21NO4/c1-13(18(21)14-8-10-17(23-4)11-9-14)24-19(22)15-6-5-7-16(12-15)20(2)3/h5-13H,1-4H3/t13-/m0/s1. The van der Waals surface area contributed by atoms with Gasteiger partial charge < -0.3 is 14.4 Å². The lowest BCUT2D eigenvalue weighted by Gasteiger charge is -2.15. The van der Waals surface area contributed by atoms with Crippen molar-refractivity contribution in [1.29, 1.82) is 0 Å². The molecule has 0 aromatic heterocycles. The van der Waals surface area contributed by atoms with Crippen molar-refractivity contribution in [3.8, 4) is 5.75 Å². The third-order valence-electron chi connectivity index (χ3n) is 3.63. The van der Waals surface area contributed by atoms with Crippen molar-refractivity contribution < 1.29 is 19.1 Å². The molecule has 0 fully saturated rings. The van der Waals surface area contributed by atoms with Gasteiger partial charge in [-0.25, -0.2) is 4.79 Å². The van der Waals surface area contributed by atoms with Gasteiger partial charge in [-0.15, -0.1) is 0 Å². The highest BCUT2D eigenvalue weighted by molar-refractivity contribution is 6.01. The minimum atomic E-state index is -0.867. The number of benzene rings is 2. The van der Waals surface area contributed by atoms with Crippen LogP contribution in [0.1, 0.15) is 27.6 Å². The molecule has 0 unspecified atom stereocenters. The summed E-state index contributed by atoms with van der Waals surface area (Å²) in [4.78, 5) is 26.5. The molecule has 0 saturated carbocycles. The van der Waals surface area contributed by atoms with Crippen LogP contribution >= 0.6 is 0 Å². The van der Waals surface area contributed by atoms with E-state index in [0.717, 1.165) is 5.69 Å². The Labute approximate surface area is 141 Å². The molecular formula is C19H21NO4. The number of nitrogens with zero attached hydrogens (tertiary/aromatic N) is 1. The van der Waals surface area contributed by atoms with Gasteiger partial charge in [-0.05, 0) is 49.4 Å². The number of hydrogen-bond donors (Lipinski definition) is 0. The number of ether oxygens (including phenoxy) is 2. The van der Waals surface area contributed by atoms with E-state index in [2.05, 4.69) is 0 Å². The quantitative estimate of drug-likeness (QED) is 0.602. The first kappa shape index (κ1) is 17.5. The van der Waals surface area contributed by atoms with Crippen molar-refractivity contribution in [3.63, 3.8) is 0 Å². The number of ketones is 1. The molecular weight excluding hydrogens is 306 g/mol. The number of methoxy groups -OCH3 is 1. The van der Waals surface area contributed by atoms with Crippen molar-refractivity contribution in [2.45, 2.75) is 13.0 Å². The summed E-state index contributed by atoms with van der Waals surface area (Å²) in [5.41, 5.74) is 1.77. The molecule has 0 N–H and O–H groups in total. The van der Waals surface area contributed by atoms with E-state index >= 15 is 0 Å². The number of carbonyl (C=O) groups is 2. The van der Waals surface area contributed by atoms with Crippen LogP contribution in [0.2, 0.25) is 0 Å². The fourth-order valence-corrected chi connectivity index (χ4v) is 2.18. The molecule has 2 rings (SSSR count). The van der Waals surface area contributed by atoms with Crippen molar-refractivity contribution in [3.05, 3.63) is 59.7 Å². The van der Waals surface area contributed by atoms with Crippen LogP contribution in [0.4, 0.5) is 5.69 Å². The van der Waals surface area contributed by atoms with E-state index in [-0.39, 0.29) is 5.78 Å². The van der Waals surface area contributed by atoms with Gasteiger partial charge in [-0.1, -0.05) is 6.07 Å². The Bertz CT molecular complexity index is 722. The summed E-state index contributed by atoms with van der Waals surface area (Å²) >= 11 is 0. The van der Waals surface area contributed by atoms with Crippen LogP contribution in [-0.4, -0.2) is 39.1 Å². The first-order chi connectivity index (χ1) is 11.4. The molecule has 1 atom stereocenters. The topological polar surface area (TPSA) is 55.8 Å². The summed E-state index contributed by atoms with van der Waals surface area (Å²) in [7, 11) is 5.34. The van der Waals surface area contributed by atoms with Gasteiger partial charge >= 0.3 is 5.97 Å². The fraction of sp³-hybridized carbons (Fsp3) is 0.263. The second-order valence-electron chi connectivity index (χ2n) is 5.59. The SMILES string of the molecule is COc1ccc(C(=O)[C@H](C)OC(=O)c2cccc(N(C)C)c2)cc1. The average Bonchev–Trinajstić information content (AvgIpc) is 2.61. The van der Waals surface area contributed by atoms with E-state index < -0.39 is 12.1 Å². The zero-order valence-electron chi connectivity index (χ0n) is 14.3. The molecule has 0 spiro atoms. The molecule has 0 heterocycles. The molecule has 5 heteroatoms. The molecule has 0 aliphatic rings. The first-order valence-electron chi connectivity index (χ1n) is 7.59. The third kappa shape index (κ3) is 4.13. The lowest BCUT2D eigenvalue weighted by molar-refractivity contribution is 0.0319. The molecule has 0 aliphatic heterocycles. The van der Waals surface area contributed by atoms with Gasteiger partial charge in [0.15, 0.2) is 6.10 Å². The van der Waals surface area contributed by atoms with E-state index in [0.29, 0.717) is 16.9 Å². The molecule has 2 aromatic rings. The predicted octanol–water partition coefficient (Wildman–Crippen LogP) is 3.19. The number of hydrogen-bond acceptors (Lipinski definition) is 5. The Morgan fingerprint density at radius 3 is 2.25 bits per heavy atom. The van der Waals surface area contributed by atoms with Gasteiger partial charge in [0, 0.05) is 25.3 Å². The second-order valence-corrected chi connectivity index (χ2v) is 5.59. The van der Waals surface area contributed by atoms with E-state index in [1.807, 2.05) is 25.1 Å². The monoisotopic (exact) mass is 327 g/mol. The van der Waals surface area contributed by atoms with E-state index in [4.69, 9.17) is 9.47 Å². The zero-order valence-corrected chi connectivity index (χ0v) is 14.3. The van der Waals surface area contributed by atoms with Crippen LogP contribution in [0.3, 0.4) is 0 Å². The van der Waals surface area contributed by atoms with Gasteiger partial charge in [0.25, 0.3) is 0 Å².